The van der Waals surface area contributed by atoms with Crippen LogP contribution in [0, 0.1) is 0 Å². The minimum absolute atomic E-state index is 0.0231. The average Bonchev–Trinajstić information content (AvgIpc) is 2.75. The number of hydrogen-bond donors (Lipinski definition) is 1. The number of aromatic nitrogens is 1. The molecule has 1 N–H and O–H groups in total. The van der Waals surface area contributed by atoms with E-state index in [1.807, 2.05) is 72.1 Å². The third-order valence-corrected chi connectivity index (χ3v) is 5.69. The number of amides is 1. The Balaban J connectivity index is 1.80. The second-order valence-corrected chi connectivity index (χ2v) is 7.75. The van der Waals surface area contributed by atoms with Crippen molar-refractivity contribution in [2.45, 2.75) is 6.92 Å². The third kappa shape index (κ3) is 3.78. The zero-order valence-corrected chi connectivity index (χ0v) is 16.7. The molecule has 1 aliphatic rings. The van der Waals surface area contributed by atoms with Crippen molar-refractivity contribution in [1.29, 1.82) is 0 Å². The monoisotopic (exact) mass is 393 g/mol. The van der Waals surface area contributed by atoms with Crippen molar-refractivity contribution in [3.05, 3.63) is 60.3 Å². The number of rotatable bonds is 5. The van der Waals surface area contributed by atoms with Gasteiger partial charge in [0.15, 0.2) is 0 Å². The lowest BCUT2D eigenvalue weighted by Crippen LogP contribution is -2.38. The van der Waals surface area contributed by atoms with Gasteiger partial charge in [0.25, 0.3) is 5.91 Å². The summed E-state index contributed by atoms with van der Waals surface area (Å²) >= 11 is 1.89. The molecule has 1 aromatic heterocycles. The van der Waals surface area contributed by atoms with Gasteiger partial charge in [-0.15, -0.1) is 0 Å². The van der Waals surface area contributed by atoms with E-state index in [-0.39, 0.29) is 5.91 Å². The SMILES string of the molecule is CCOc1ccccc1Nc1c(C(=O)N2CCSCC2)cnc2ccccc12. The molecule has 2 aromatic carbocycles. The number of carbonyl (C=O) groups excluding carboxylic acids is 1. The highest BCUT2D eigenvalue weighted by atomic mass is 32.2. The van der Waals surface area contributed by atoms with E-state index in [4.69, 9.17) is 4.74 Å². The number of benzene rings is 2. The highest BCUT2D eigenvalue weighted by molar-refractivity contribution is 7.99. The number of carbonyl (C=O) groups is 1. The number of nitrogens with zero attached hydrogens (tertiary/aromatic N) is 2. The molecule has 0 aliphatic carbocycles. The van der Waals surface area contributed by atoms with E-state index in [1.54, 1.807) is 6.20 Å². The van der Waals surface area contributed by atoms with Gasteiger partial charge in [-0.3, -0.25) is 9.78 Å². The molecule has 2 heterocycles. The molecule has 3 aromatic rings. The summed E-state index contributed by atoms with van der Waals surface area (Å²) in [5.74, 6) is 2.74. The van der Waals surface area contributed by atoms with Crippen LogP contribution in [0.5, 0.6) is 5.75 Å². The number of thioether (sulfide) groups is 1. The third-order valence-electron chi connectivity index (χ3n) is 4.75. The molecule has 28 heavy (non-hydrogen) atoms. The normalized spacial score (nSPS) is 14.1. The molecule has 5 nitrogen and oxygen atoms in total. The van der Waals surface area contributed by atoms with E-state index in [1.165, 1.54) is 0 Å². The van der Waals surface area contributed by atoms with E-state index < -0.39 is 0 Å². The van der Waals surface area contributed by atoms with Gasteiger partial charge in [-0.1, -0.05) is 30.3 Å². The van der Waals surface area contributed by atoms with Gasteiger partial charge in [0.05, 0.1) is 29.1 Å². The zero-order chi connectivity index (χ0) is 19.3. The maximum atomic E-state index is 13.3. The van der Waals surface area contributed by atoms with Gasteiger partial charge < -0.3 is 15.0 Å². The topological polar surface area (TPSA) is 54.5 Å². The maximum Gasteiger partial charge on any atom is 0.257 e. The predicted molar refractivity (Wildman–Crippen MR) is 116 cm³/mol. The van der Waals surface area contributed by atoms with Gasteiger partial charge in [-0.25, -0.2) is 0 Å². The molecule has 0 bridgehead atoms. The Morgan fingerprint density at radius 3 is 2.71 bits per heavy atom. The molecule has 1 saturated heterocycles. The Kier molecular flexibility index (Phi) is 5.67. The Labute approximate surface area is 169 Å². The van der Waals surface area contributed by atoms with E-state index in [0.29, 0.717) is 12.2 Å². The van der Waals surface area contributed by atoms with E-state index in [2.05, 4.69) is 10.3 Å². The van der Waals surface area contributed by atoms with Crippen LogP contribution in [0.15, 0.2) is 54.7 Å². The number of nitrogens with one attached hydrogen (secondary N) is 1. The van der Waals surface area contributed by atoms with Crippen LogP contribution in [0.3, 0.4) is 0 Å². The van der Waals surface area contributed by atoms with Gasteiger partial charge in [-0.05, 0) is 25.1 Å². The second kappa shape index (κ2) is 8.52. The van der Waals surface area contributed by atoms with Crippen LogP contribution in [0.1, 0.15) is 17.3 Å². The van der Waals surface area contributed by atoms with Crippen molar-refractivity contribution in [3.8, 4) is 5.75 Å². The molecule has 0 spiro atoms. The first-order chi connectivity index (χ1) is 13.8. The Morgan fingerprint density at radius 2 is 1.89 bits per heavy atom. The molecule has 4 rings (SSSR count). The molecule has 6 heteroatoms. The lowest BCUT2D eigenvalue weighted by Gasteiger charge is -2.27. The van der Waals surface area contributed by atoms with Gasteiger partial charge in [-0.2, -0.15) is 11.8 Å². The summed E-state index contributed by atoms with van der Waals surface area (Å²) in [6, 6.07) is 15.7. The van der Waals surface area contributed by atoms with Crippen LogP contribution in [0.2, 0.25) is 0 Å². The van der Waals surface area contributed by atoms with E-state index in [0.717, 1.165) is 52.6 Å². The summed E-state index contributed by atoms with van der Waals surface area (Å²) < 4.78 is 5.76. The van der Waals surface area contributed by atoms with Crippen molar-refractivity contribution in [2.75, 3.05) is 36.5 Å². The molecule has 0 atom stereocenters. The average molecular weight is 394 g/mol. The quantitative estimate of drug-likeness (QED) is 0.688. The summed E-state index contributed by atoms with van der Waals surface area (Å²) in [4.78, 5) is 19.7. The standard InChI is InChI=1S/C22H23N3O2S/c1-2-27-20-10-6-5-9-19(20)24-21-16-7-3-4-8-18(16)23-15-17(21)22(26)25-11-13-28-14-12-25/h3-10,15H,2,11-14H2,1H3,(H,23,24). The van der Waals surface area contributed by atoms with Crippen molar-refractivity contribution >= 4 is 39.9 Å². The van der Waals surface area contributed by atoms with Crippen LogP contribution in [0.4, 0.5) is 11.4 Å². The molecule has 0 saturated carbocycles. The fourth-order valence-corrected chi connectivity index (χ4v) is 4.26. The predicted octanol–water partition coefficient (Wildman–Crippen LogP) is 4.57. The summed E-state index contributed by atoms with van der Waals surface area (Å²) in [6.07, 6.45) is 1.69. The van der Waals surface area contributed by atoms with Crippen molar-refractivity contribution in [1.82, 2.24) is 9.88 Å². The molecule has 0 radical (unpaired) electrons. The van der Waals surface area contributed by atoms with Crippen LogP contribution >= 0.6 is 11.8 Å². The summed E-state index contributed by atoms with van der Waals surface area (Å²) in [5.41, 5.74) is 3.06. The number of ether oxygens (including phenoxy) is 1. The first-order valence-electron chi connectivity index (χ1n) is 9.51. The summed E-state index contributed by atoms with van der Waals surface area (Å²) in [6.45, 7) is 4.07. The lowest BCUT2D eigenvalue weighted by molar-refractivity contribution is 0.0773. The minimum atomic E-state index is 0.0231. The van der Waals surface area contributed by atoms with Crippen LogP contribution in [-0.4, -0.2) is 47.0 Å². The molecular weight excluding hydrogens is 370 g/mol. The van der Waals surface area contributed by atoms with Gasteiger partial charge in [0.2, 0.25) is 0 Å². The number of anilines is 2. The van der Waals surface area contributed by atoms with Crippen LogP contribution in [-0.2, 0) is 0 Å². The fraction of sp³-hybridized carbons (Fsp3) is 0.273. The minimum Gasteiger partial charge on any atom is -0.492 e. The number of pyridine rings is 1. The second-order valence-electron chi connectivity index (χ2n) is 6.52. The Bertz CT molecular complexity index is 986. The molecule has 1 amide bonds. The smallest absolute Gasteiger partial charge is 0.257 e. The first kappa shape index (κ1) is 18.6. The number of para-hydroxylation sites is 3. The number of hydrogen-bond acceptors (Lipinski definition) is 5. The molecule has 1 aliphatic heterocycles. The number of fused-ring (bicyclic) bond motifs is 1. The van der Waals surface area contributed by atoms with Crippen LogP contribution < -0.4 is 10.1 Å². The van der Waals surface area contributed by atoms with Crippen molar-refractivity contribution in [3.63, 3.8) is 0 Å². The van der Waals surface area contributed by atoms with Gasteiger partial charge in [0, 0.05) is 36.2 Å². The molecule has 0 unspecified atom stereocenters. The Hall–Kier alpha value is -2.73. The Morgan fingerprint density at radius 1 is 1.14 bits per heavy atom. The molecule has 1 fully saturated rings. The highest BCUT2D eigenvalue weighted by Crippen LogP contribution is 2.34. The summed E-state index contributed by atoms with van der Waals surface area (Å²) in [5, 5.41) is 4.39. The molecular formula is C22H23N3O2S. The zero-order valence-electron chi connectivity index (χ0n) is 15.9. The summed E-state index contributed by atoms with van der Waals surface area (Å²) in [7, 11) is 0. The van der Waals surface area contributed by atoms with Crippen molar-refractivity contribution < 1.29 is 9.53 Å². The first-order valence-corrected chi connectivity index (χ1v) is 10.7. The van der Waals surface area contributed by atoms with E-state index >= 15 is 0 Å². The largest absolute Gasteiger partial charge is 0.492 e. The lowest BCUT2D eigenvalue weighted by atomic mass is 10.1. The fourth-order valence-electron chi connectivity index (χ4n) is 3.36. The van der Waals surface area contributed by atoms with Gasteiger partial charge >= 0.3 is 0 Å². The maximum absolute atomic E-state index is 13.3. The van der Waals surface area contributed by atoms with Crippen LogP contribution in [0.25, 0.3) is 10.9 Å². The van der Waals surface area contributed by atoms with Crippen molar-refractivity contribution in [2.24, 2.45) is 0 Å². The molecule has 144 valence electrons. The van der Waals surface area contributed by atoms with Gasteiger partial charge in [0.1, 0.15) is 5.75 Å². The van der Waals surface area contributed by atoms with E-state index in [9.17, 15) is 4.79 Å². The highest BCUT2D eigenvalue weighted by Gasteiger charge is 2.23.